The Hall–Kier alpha value is -0.610. The maximum Gasteiger partial charge on any atom is 0.242 e. The molecule has 0 spiro atoms. The number of carbonyl (C=O) groups excluding carboxylic acids is 1. The summed E-state index contributed by atoms with van der Waals surface area (Å²) in [6.07, 6.45) is 7.97. The van der Waals surface area contributed by atoms with Crippen LogP contribution in [-0.4, -0.2) is 40.6 Å². The molecule has 2 aliphatic rings. The number of hydrogen-bond acceptors (Lipinski definition) is 3. The van der Waals surface area contributed by atoms with E-state index in [9.17, 15) is 9.90 Å². The van der Waals surface area contributed by atoms with E-state index in [1.165, 1.54) is 6.42 Å². The highest BCUT2D eigenvalue weighted by Gasteiger charge is 2.40. The van der Waals surface area contributed by atoms with E-state index < -0.39 is 5.54 Å². The highest BCUT2D eigenvalue weighted by molar-refractivity contribution is 5.86. The molecule has 1 aliphatic heterocycles. The summed E-state index contributed by atoms with van der Waals surface area (Å²) in [5.41, 5.74) is 5.63. The van der Waals surface area contributed by atoms with Crippen molar-refractivity contribution in [3.05, 3.63) is 0 Å². The first-order valence-corrected chi connectivity index (χ1v) is 6.88. The number of piperidine rings is 1. The second-order valence-electron chi connectivity index (χ2n) is 5.55. The molecule has 0 bridgehead atoms. The quantitative estimate of drug-likeness (QED) is 0.757. The standard InChI is InChI=1S/C13H24N2O2/c14-13(7-3-1-4-8-13)12(17)15-9-5-2-6-11(15)10-16/h11,16H,1-10,14H2. The van der Waals surface area contributed by atoms with E-state index in [2.05, 4.69) is 0 Å². The lowest BCUT2D eigenvalue weighted by Crippen LogP contribution is -2.60. The summed E-state index contributed by atoms with van der Waals surface area (Å²) in [5, 5.41) is 9.36. The van der Waals surface area contributed by atoms with Crippen LogP contribution in [0.3, 0.4) is 0 Å². The van der Waals surface area contributed by atoms with Crippen LogP contribution < -0.4 is 5.73 Å². The molecule has 4 nitrogen and oxygen atoms in total. The molecule has 1 atom stereocenters. The van der Waals surface area contributed by atoms with Crippen LogP contribution in [0.25, 0.3) is 0 Å². The molecule has 3 N–H and O–H groups in total. The maximum absolute atomic E-state index is 12.5. The zero-order chi connectivity index (χ0) is 12.3. The van der Waals surface area contributed by atoms with Crippen molar-refractivity contribution in [1.29, 1.82) is 0 Å². The fraction of sp³-hybridized carbons (Fsp3) is 0.923. The average Bonchev–Trinajstić information content (AvgIpc) is 2.38. The zero-order valence-electron chi connectivity index (χ0n) is 10.5. The number of hydrogen-bond donors (Lipinski definition) is 2. The summed E-state index contributed by atoms with van der Waals surface area (Å²) in [6, 6.07) is -0.00129. The molecular formula is C13H24N2O2. The van der Waals surface area contributed by atoms with Gasteiger partial charge in [0.15, 0.2) is 0 Å². The Morgan fingerprint density at radius 1 is 1.24 bits per heavy atom. The maximum atomic E-state index is 12.5. The summed E-state index contributed by atoms with van der Waals surface area (Å²) >= 11 is 0. The Kier molecular flexibility index (Phi) is 4.05. The molecular weight excluding hydrogens is 216 g/mol. The topological polar surface area (TPSA) is 66.6 Å². The predicted molar refractivity (Wildman–Crippen MR) is 66.4 cm³/mol. The number of rotatable bonds is 2. The van der Waals surface area contributed by atoms with Gasteiger partial charge < -0.3 is 15.7 Å². The SMILES string of the molecule is NC1(C(=O)N2CCCCC2CO)CCCCC1. The Morgan fingerprint density at radius 2 is 1.94 bits per heavy atom. The van der Waals surface area contributed by atoms with Crippen molar-refractivity contribution in [3.63, 3.8) is 0 Å². The lowest BCUT2D eigenvalue weighted by molar-refractivity contribution is -0.143. The lowest BCUT2D eigenvalue weighted by atomic mass is 9.80. The summed E-state index contributed by atoms with van der Waals surface area (Å²) in [6.45, 7) is 0.838. The van der Waals surface area contributed by atoms with E-state index >= 15 is 0 Å². The summed E-state index contributed by atoms with van der Waals surface area (Å²) < 4.78 is 0. The summed E-state index contributed by atoms with van der Waals surface area (Å²) in [7, 11) is 0. The Balaban J connectivity index is 2.06. The molecule has 2 fully saturated rings. The van der Waals surface area contributed by atoms with Gasteiger partial charge in [0.25, 0.3) is 0 Å². The molecule has 98 valence electrons. The van der Waals surface area contributed by atoms with E-state index in [-0.39, 0.29) is 18.6 Å². The number of likely N-dealkylation sites (tertiary alicyclic amines) is 1. The molecule has 0 aromatic rings. The molecule has 0 aromatic heterocycles. The van der Waals surface area contributed by atoms with Gasteiger partial charge in [0, 0.05) is 6.54 Å². The van der Waals surface area contributed by atoms with E-state index in [0.29, 0.717) is 0 Å². The number of carbonyl (C=O) groups is 1. The van der Waals surface area contributed by atoms with Gasteiger partial charge in [-0.15, -0.1) is 0 Å². The number of nitrogens with two attached hydrogens (primary N) is 1. The van der Waals surface area contributed by atoms with Gasteiger partial charge >= 0.3 is 0 Å². The average molecular weight is 240 g/mol. The van der Waals surface area contributed by atoms with Crippen LogP contribution >= 0.6 is 0 Å². The highest BCUT2D eigenvalue weighted by Crippen LogP contribution is 2.30. The molecule has 1 heterocycles. The predicted octanol–water partition coefficient (Wildman–Crippen LogP) is 1.02. The second kappa shape index (κ2) is 5.36. The third-order valence-electron chi connectivity index (χ3n) is 4.27. The van der Waals surface area contributed by atoms with Crippen LogP contribution in [0.2, 0.25) is 0 Å². The molecule has 17 heavy (non-hydrogen) atoms. The van der Waals surface area contributed by atoms with Crippen LogP contribution in [-0.2, 0) is 4.79 Å². The van der Waals surface area contributed by atoms with Crippen molar-refractivity contribution in [2.75, 3.05) is 13.2 Å². The molecule has 0 aromatic carbocycles. The fourth-order valence-corrected chi connectivity index (χ4v) is 3.14. The van der Waals surface area contributed by atoms with E-state index in [4.69, 9.17) is 5.73 Å². The first kappa shape index (κ1) is 12.8. The van der Waals surface area contributed by atoms with Crippen molar-refractivity contribution in [2.24, 2.45) is 5.73 Å². The monoisotopic (exact) mass is 240 g/mol. The third kappa shape index (κ3) is 2.63. The smallest absolute Gasteiger partial charge is 0.242 e. The Bertz CT molecular complexity index is 275. The first-order chi connectivity index (χ1) is 8.17. The van der Waals surface area contributed by atoms with Crippen LogP contribution in [0.5, 0.6) is 0 Å². The Labute approximate surface area is 103 Å². The van der Waals surface area contributed by atoms with Crippen LogP contribution in [0.4, 0.5) is 0 Å². The van der Waals surface area contributed by atoms with Crippen LogP contribution in [0, 0.1) is 0 Å². The van der Waals surface area contributed by atoms with Gasteiger partial charge in [-0.2, -0.15) is 0 Å². The minimum Gasteiger partial charge on any atom is -0.394 e. The van der Waals surface area contributed by atoms with Gasteiger partial charge in [-0.25, -0.2) is 0 Å². The normalized spacial score (nSPS) is 29.1. The number of nitrogens with zero attached hydrogens (tertiary/aromatic N) is 1. The zero-order valence-corrected chi connectivity index (χ0v) is 10.5. The molecule has 4 heteroatoms. The second-order valence-corrected chi connectivity index (χ2v) is 5.55. The number of amides is 1. The Morgan fingerprint density at radius 3 is 2.59 bits per heavy atom. The van der Waals surface area contributed by atoms with Crippen molar-refractivity contribution in [2.45, 2.75) is 62.9 Å². The first-order valence-electron chi connectivity index (χ1n) is 6.88. The van der Waals surface area contributed by atoms with Crippen molar-refractivity contribution >= 4 is 5.91 Å². The van der Waals surface area contributed by atoms with Crippen molar-refractivity contribution < 1.29 is 9.90 Å². The van der Waals surface area contributed by atoms with Gasteiger partial charge in [-0.3, -0.25) is 4.79 Å². The van der Waals surface area contributed by atoms with E-state index in [0.717, 1.165) is 51.5 Å². The van der Waals surface area contributed by atoms with Gasteiger partial charge in [-0.05, 0) is 32.1 Å². The van der Waals surface area contributed by atoms with Crippen molar-refractivity contribution in [3.8, 4) is 0 Å². The van der Waals surface area contributed by atoms with Crippen LogP contribution in [0.1, 0.15) is 51.4 Å². The van der Waals surface area contributed by atoms with E-state index in [1.807, 2.05) is 4.90 Å². The minimum atomic E-state index is -0.650. The summed E-state index contributed by atoms with van der Waals surface area (Å²) in [4.78, 5) is 14.4. The molecule has 1 unspecified atom stereocenters. The van der Waals surface area contributed by atoms with E-state index in [1.54, 1.807) is 0 Å². The lowest BCUT2D eigenvalue weighted by Gasteiger charge is -2.42. The number of aliphatic hydroxyl groups excluding tert-OH is 1. The van der Waals surface area contributed by atoms with Crippen LogP contribution in [0.15, 0.2) is 0 Å². The molecule has 1 saturated carbocycles. The molecule has 2 rings (SSSR count). The molecule has 0 radical (unpaired) electrons. The minimum absolute atomic E-state index is 0.00129. The van der Waals surface area contributed by atoms with Gasteiger partial charge in [0.2, 0.25) is 5.91 Å². The van der Waals surface area contributed by atoms with Crippen molar-refractivity contribution in [1.82, 2.24) is 4.90 Å². The highest BCUT2D eigenvalue weighted by atomic mass is 16.3. The van der Waals surface area contributed by atoms with Gasteiger partial charge in [0.1, 0.15) is 0 Å². The largest absolute Gasteiger partial charge is 0.394 e. The van der Waals surface area contributed by atoms with Gasteiger partial charge in [0.05, 0.1) is 18.2 Å². The third-order valence-corrected chi connectivity index (χ3v) is 4.27. The summed E-state index contributed by atoms with van der Waals surface area (Å²) in [5.74, 6) is 0.0796. The molecule has 1 amide bonds. The molecule has 1 aliphatic carbocycles. The number of aliphatic hydroxyl groups is 1. The fourth-order valence-electron chi connectivity index (χ4n) is 3.14. The molecule has 1 saturated heterocycles. The van der Waals surface area contributed by atoms with Gasteiger partial charge in [-0.1, -0.05) is 19.3 Å².